The topological polar surface area (TPSA) is 49.3 Å². The molecule has 2 N–H and O–H groups in total. The van der Waals surface area contributed by atoms with Crippen molar-refractivity contribution in [3.05, 3.63) is 34.6 Å². The monoisotopic (exact) mass is 217 g/mol. The third-order valence-electron chi connectivity index (χ3n) is 1.75. The van der Waals surface area contributed by atoms with Crippen molar-refractivity contribution in [2.45, 2.75) is 6.10 Å². The molecule has 14 heavy (non-hydrogen) atoms. The van der Waals surface area contributed by atoms with E-state index in [1.54, 1.807) is 0 Å². The molecule has 0 aromatic heterocycles. The number of nitrogens with one attached hydrogen (secondary N) is 1. The lowest BCUT2D eigenvalue weighted by Gasteiger charge is -2.10. The Morgan fingerprint density at radius 2 is 2.29 bits per heavy atom. The number of rotatable bonds is 2. The van der Waals surface area contributed by atoms with Crippen LogP contribution in [0.5, 0.6) is 0 Å². The summed E-state index contributed by atoms with van der Waals surface area (Å²) >= 11 is 5.60. The van der Waals surface area contributed by atoms with Gasteiger partial charge in [-0.25, -0.2) is 4.39 Å². The van der Waals surface area contributed by atoms with Crippen molar-refractivity contribution in [3.63, 3.8) is 0 Å². The molecule has 0 heterocycles. The zero-order chi connectivity index (χ0) is 10.7. The number of hydrogen-bond acceptors (Lipinski definition) is 2. The molecule has 0 bridgehead atoms. The second-order valence-corrected chi connectivity index (χ2v) is 3.12. The summed E-state index contributed by atoms with van der Waals surface area (Å²) in [7, 11) is 1.36. The lowest BCUT2D eigenvalue weighted by atomic mass is 10.1. The number of benzene rings is 1. The van der Waals surface area contributed by atoms with Crippen molar-refractivity contribution < 1.29 is 14.3 Å². The summed E-state index contributed by atoms with van der Waals surface area (Å²) in [6.45, 7) is 0. The first-order chi connectivity index (χ1) is 6.56. The van der Waals surface area contributed by atoms with Crippen LogP contribution in [0.1, 0.15) is 11.7 Å². The largest absolute Gasteiger partial charge is 0.378 e. The van der Waals surface area contributed by atoms with E-state index >= 15 is 0 Å². The number of hydrogen-bond donors (Lipinski definition) is 2. The molecule has 1 unspecified atom stereocenters. The molecular weight excluding hydrogens is 209 g/mol. The Labute approximate surface area is 85.5 Å². The molecule has 0 saturated heterocycles. The molecule has 0 aliphatic carbocycles. The summed E-state index contributed by atoms with van der Waals surface area (Å²) in [6, 6.07) is 3.66. The predicted molar refractivity (Wildman–Crippen MR) is 50.4 cm³/mol. The maximum Gasteiger partial charge on any atom is 0.253 e. The van der Waals surface area contributed by atoms with E-state index in [0.717, 1.165) is 6.07 Å². The molecule has 5 heteroatoms. The van der Waals surface area contributed by atoms with E-state index in [9.17, 15) is 14.3 Å². The van der Waals surface area contributed by atoms with E-state index in [4.69, 9.17) is 11.6 Å². The molecule has 0 spiro atoms. The first-order valence-corrected chi connectivity index (χ1v) is 4.28. The second-order valence-electron chi connectivity index (χ2n) is 2.68. The molecule has 3 nitrogen and oxygen atoms in total. The van der Waals surface area contributed by atoms with E-state index in [1.807, 2.05) is 0 Å². The van der Waals surface area contributed by atoms with Gasteiger partial charge in [-0.3, -0.25) is 4.79 Å². The number of halogens is 2. The standard InChI is InChI=1S/C9H9ClFNO2/c1-12-9(14)8(13)6-4-5(10)2-3-7(6)11/h2-4,8,13H,1H3,(H,12,14). The summed E-state index contributed by atoms with van der Waals surface area (Å²) in [5.74, 6) is -1.34. The first kappa shape index (κ1) is 10.9. The average molecular weight is 218 g/mol. The minimum absolute atomic E-state index is 0.128. The van der Waals surface area contributed by atoms with Crippen LogP contribution < -0.4 is 5.32 Å². The molecule has 0 aliphatic rings. The van der Waals surface area contributed by atoms with Gasteiger partial charge in [0.2, 0.25) is 0 Å². The maximum absolute atomic E-state index is 13.1. The third kappa shape index (κ3) is 2.21. The molecule has 1 rings (SSSR count). The van der Waals surface area contributed by atoms with Crippen molar-refractivity contribution in [2.24, 2.45) is 0 Å². The van der Waals surface area contributed by atoms with Gasteiger partial charge in [0.15, 0.2) is 6.10 Å². The van der Waals surface area contributed by atoms with E-state index in [2.05, 4.69) is 5.32 Å². The molecule has 0 aliphatic heterocycles. The first-order valence-electron chi connectivity index (χ1n) is 3.91. The zero-order valence-electron chi connectivity index (χ0n) is 7.42. The van der Waals surface area contributed by atoms with Crippen LogP contribution >= 0.6 is 11.6 Å². The van der Waals surface area contributed by atoms with E-state index in [0.29, 0.717) is 0 Å². The van der Waals surface area contributed by atoms with Gasteiger partial charge >= 0.3 is 0 Å². The summed E-state index contributed by atoms with van der Waals surface area (Å²) in [6.07, 6.45) is -1.53. The highest BCUT2D eigenvalue weighted by Crippen LogP contribution is 2.21. The lowest BCUT2D eigenvalue weighted by Crippen LogP contribution is -2.26. The highest BCUT2D eigenvalue weighted by molar-refractivity contribution is 6.30. The fourth-order valence-electron chi connectivity index (χ4n) is 1.00. The summed E-state index contributed by atoms with van der Waals surface area (Å²) in [4.78, 5) is 11.0. The lowest BCUT2D eigenvalue weighted by molar-refractivity contribution is -0.129. The Bertz CT molecular complexity index is 357. The quantitative estimate of drug-likeness (QED) is 0.784. The van der Waals surface area contributed by atoms with Crippen LogP contribution in [0, 0.1) is 5.82 Å². The Kier molecular flexibility index (Phi) is 3.43. The molecule has 0 fully saturated rings. The minimum atomic E-state index is -1.53. The zero-order valence-corrected chi connectivity index (χ0v) is 8.18. The number of aliphatic hydroxyl groups is 1. The van der Waals surface area contributed by atoms with Gasteiger partial charge in [-0.15, -0.1) is 0 Å². The van der Waals surface area contributed by atoms with E-state index < -0.39 is 17.8 Å². The van der Waals surface area contributed by atoms with Crippen LogP contribution in [-0.2, 0) is 4.79 Å². The van der Waals surface area contributed by atoms with Gasteiger partial charge < -0.3 is 10.4 Å². The number of carbonyl (C=O) groups is 1. The van der Waals surface area contributed by atoms with Crippen LogP contribution in [0.2, 0.25) is 5.02 Å². The SMILES string of the molecule is CNC(=O)C(O)c1cc(Cl)ccc1F. The fourth-order valence-corrected chi connectivity index (χ4v) is 1.18. The Morgan fingerprint density at radius 3 is 2.86 bits per heavy atom. The maximum atomic E-state index is 13.1. The second kappa shape index (κ2) is 4.39. The number of carbonyl (C=O) groups excluding carboxylic acids is 1. The molecule has 76 valence electrons. The predicted octanol–water partition coefficient (Wildman–Crippen LogP) is 1.26. The van der Waals surface area contributed by atoms with E-state index in [-0.39, 0.29) is 10.6 Å². The Balaban J connectivity index is 3.05. The Hall–Kier alpha value is -1.13. The highest BCUT2D eigenvalue weighted by atomic mass is 35.5. The molecule has 1 aromatic carbocycles. The molecule has 1 atom stereocenters. The highest BCUT2D eigenvalue weighted by Gasteiger charge is 2.19. The van der Waals surface area contributed by atoms with Gasteiger partial charge in [-0.2, -0.15) is 0 Å². The summed E-state index contributed by atoms with van der Waals surface area (Å²) < 4.78 is 13.1. The average Bonchev–Trinajstić information content (AvgIpc) is 2.19. The van der Waals surface area contributed by atoms with Crippen LogP contribution in [-0.4, -0.2) is 18.1 Å². The van der Waals surface area contributed by atoms with Crippen LogP contribution in [0.15, 0.2) is 18.2 Å². The van der Waals surface area contributed by atoms with Crippen LogP contribution in [0.4, 0.5) is 4.39 Å². The summed E-state index contributed by atoms with van der Waals surface area (Å²) in [5.41, 5.74) is -0.128. The van der Waals surface area contributed by atoms with Gasteiger partial charge in [-0.1, -0.05) is 11.6 Å². The normalized spacial score (nSPS) is 12.3. The van der Waals surface area contributed by atoms with Crippen molar-refractivity contribution in [3.8, 4) is 0 Å². The van der Waals surface area contributed by atoms with Gasteiger partial charge in [0.05, 0.1) is 0 Å². The molecule has 0 saturated carbocycles. The fraction of sp³-hybridized carbons (Fsp3) is 0.222. The van der Waals surface area contributed by atoms with Crippen molar-refractivity contribution in [1.82, 2.24) is 5.32 Å². The van der Waals surface area contributed by atoms with Crippen LogP contribution in [0.25, 0.3) is 0 Å². The molecule has 1 aromatic rings. The molecule has 0 radical (unpaired) electrons. The smallest absolute Gasteiger partial charge is 0.253 e. The van der Waals surface area contributed by atoms with Gasteiger partial charge in [0.25, 0.3) is 5.91 Å². The van der Waals surface area contributed by atoms with Crippen molar-refractivity contribution in [2.75, 3.05) is 7.05 Å². The summed E-state index contributed by atoms with van der Waals surface area (Å²) in [5, 5.41) is 11.9. The molecular formula is C9H9ClFNO2. The van der Waals surface area contributed by atoms with Gasteiger partial charge in [0, 0.05) is 17.6 Å². The van der Waals surface area contributed by atoms with E-state index in [1.165, 1.54) is 19.2 Å². The van der Waals surface area contributed by atoms with Crippen molar-refractivity contribution >= 4 is 17.5 Å². The van der Waals surface area contributed by atoms with Crippen molar-refractivity contribution in [1.29, 1.82) is 0 Å². The number of amides is 1. The van der Waals surface area contributed by atoms with Gasteiger partial charge in [-0.05, 0) is 18.2 Å². The molecule has 1 amide bonds. The Morgan fingerprint density at radius 1 is 1.64 bits per heavy atom. The van der Waals surface area contributed by atoms with Crippen LogP contribution in [0.3, 0.4) is 0 Å². The minimum Gasteiger partial charge on any atom is -0.378 e. The van der Waals surface area contributed by atoms with Gasteiger partial charge in [0.1, 0.15) is 5.82 Å². The number of likely N-dealkylation sites (N-methyl/N-ethyl adjacent to an activating group) is 1. The third-order valence-corrected chi connectivity index (χ3v) is 1.98. The number of aliphatic hydroxyl groups excluding tert-OH is 1.